The van der Waals surface area contributed by atoms with Crippen molar-refractivity contribution in [2.24, 2.45) is 4.99 Å². The van der Waals surface area contributed by atoms with Crippen molar-refractivity contribution in [3.63, 3.8) is 0 Å². The van der Waals surface area contributed by atoms with Crippen LogP contribution in [0.5, 0.6) is 0 Å². The van der Waals surface area contributed by atoms with E-state index in [2.05, 4.69) is 10.3 Å². The molecule has 86 valence electrons. The molecule has 16 heavy (non-hydrogen) atoms. The van der Waals surface area contributed by atoms with Gasteiger partial charge in [-0.1, -0.05) is 18.0 Å². The van der Waals surface area contributed by atoms with E-state index in [4.69, 9.17) is 11.6 Å². The monoisotopic (exact) mass is 240 g/mol. The molecule has 0 unspecified atom stereocenters. The van der Waals surface area contributed by atoms with E-state index in [0.29, 0.717) is 0 Å². The second-order valence-corrected chi connectivity index (χ2v) is 4.30. The van der Waals surface area contributed by atoms with E-state index in [1.807, 2.05) is 0 Å². The molecule has 2 rings (SSSR count). The number of hydrogen-bond acceptors (Lipinski definition) is 2. The van der Waals surface area contributed by atoms with Gasteiger partial charge in [-0.3, -0.25) is 4.99 Å². The quantitative estimate of drug-likeness (QED) is 0.792. The lowest BCUT2D eigenvalue weighted by Gasteiger charge is -2.08. The summed E-state index contributed by atoms with van der Waals surface area (Å²) in [4.78, 5) is 4.44. The molecule has 0 saturated carbocycles. The lowest BCUT2D eigenvalue weighted by Crippen LogP contribution is -2.11. The average molecular weight is 241 g/mol. The number of hydrogen-bond donors (Lipinski definition) is 1. The van der Waals surface area contributed by atoms with Crippen molar-refractivity contribution in [3.8, 4) is 0 Å². The minimum Gasteiger partial charge on any atom is -0.344 e. The van der Waals surface area contributed by atoms with Gasteiger partial charge in [0, 0.05) is 18.7 Å². The minimum atomic E-state index is -0.393. The lowest BCUT2D eigenvalue weighted by atomic mass is 10.2. The molecule has 0 atom stereocenters. The summed E-state index contributed by atoms with van der Waals surface area (Å²) in [5, 5.41) is 3.33. The fourth-order valence-electron chi connectivity index (χ4n) is 1.72. The van der Waals surface area contributed by atoms with Gasteiger partial charge in [0.15, 0.2) is 0 Å². The molecule has 1 heterocycles. The fourth-order valence-corrected chi connectivity index (χ4v) is 1.90. The second kappa shape index (κ2) is 5.30. The lowest BCUT2D eigenvalue weighted by molar-refractivity contribution is 0.628. The molecule has 0 bridgehead atoms. The van der Waals surface area contributed by atoms with Crippen LogP contribution in [0.25, 0.3) is 0 Å². The van der Waals surface area contributed by atoms with Crippen LogP contribution in [0.4, 0.5) is 10.1 Å². The fraction of sp³-hybridized carbons (Fsp3) is 0.417. The number of halogens is 2. The summed E-state index contributed by atoms with van der Waals surface area (Å²) in [7, 11) is 0. The summed E-state index contributed by atoms with van der Waals surface area (Å²) in [5.41, 5.74) is 0.798. The van der Waals surface area contributed by atoms with Crippen LogP contribution < -0.4 is 5.32 Å². The third-order valence-corrected chi connectivity index (χ3v) is 2.87. The van der Waals surface area contributed by atoms with Gasteiger partial charge in [-0.05, 0) is 31.0 Å². The number of nitrogens with zero attached hydrogens (tertiary/aromatic N) is 1. The second-order valence-electron chi connectivity index (χ2n) is 3.89. The smallest absolute Gasteiger partial charge is 0.141 e. The standard InChI is InChI=1S/C12H14ClFN2/c13-10-8-9(5-6-11(10)14)16-12-4-2-1-3-7-15-12/h5-6,8H,1-4,7H2,(H,15,16). The molecule has 1 aromatic rings. The molecule has 1 aromatic carbocycles. The molecule has 0 spiro atoms. The Bertz CT molecular complexity index is 404. The van der Waals surface area contributed by atoms with Gasteiger partial charge in [-0.25, -0.2) is 4.39 Å². The van der Waals surface area contributed by atoms with Crippen LogP contribution in [0.2, 0.25) is 5.02 Å². The Balaban J connectivity index is 2.07. The Morgan fingerprint density at radius 3 is 2.94 bits per heavy atom. The maximum absolute atomic E-state index is 13.0. The van der Waals surface area contributed by atoms with Gasteiger partial charge < -0.3 is 5.32 Å². The average Bonchev–Trinajstić information content (AvgIpc) is 2.52. The number of anilines is 1. The highest BCUT2D eigenvalue weighted by Gasteiger charge is 2.06. The van der Waals surface area contributed by atoms with Crippen molar-refractivity contribution in [2.45, 2.75) is 25.7 Å². The molecule has 2 nitrogen and oxygen atoms in total. The van der Waals surface area contributed by atoms with Crippen LogP contribution in [-0.4, -0.2) is 12.4 Å². The Labute approximate surface area is 99.5 Å². The molecule has 0 amide bonds. The molecule has 0 aromatic heterocycles. The Morgan fingerprint density at radius 1 is 1.25 bits per heavy atom. The Hall–Kier alpha value is -1.09. The number of amidine groups is 1. The van der Waals surface area contributed by atoms with Gasteiger partial charge in [-0.15, -0.1) is 0 Å². The zero-order chi connectivity index (χ0) is 11.4. The van der Waals surface area contributed by atoms with Gasteiger partial charge >= 0.3 is 0 Å². The summed E-state index contributed by atoms with van der Waals surface area (Å²) in [6.07, 6.45) is 4.48. The van der Waals surface area contributed by atoms with Crippen LogP contribution >= 0.6 is 11.6 Å². The van der Waals surface area contributed by atoms with E-state index >= 15 is 0 Å². The first-order chi connectivity index (χ1) is 7.75. The maximum Gasteiger partial charge on any atom is 0.141 e. The van der Waals surface area contributed by atoms with E-state index < -0.39 is 5.82 Å². The normalized spacial score (nSPS) is 16.5. The van der Waals surface area contributed by atoms with Crippen molar-refractivity contribution >= 4 is 23.1 Å². The molecule has 0 fully saturated rings. The van der Waals surface area contributed by atoms with E-state index in [1.54, 1.807) is 12.1 Å². The largest absolute Gasteiger partial charge is 0.344 e. The van der Waals surface area contributed by atoms with Crippen molar-refractivity contribution in [3.05, 3.63) is 29.0 Å². The summed E-state index contributed by atoms with van der Waals surface area (Å²) in [5.74, 6) is 0.579. The summed E-state index contributed by atoms with van der Waals surface area (Å²) >= 11 is 5.71. The number of nitrogens with one attached hydrogen (secondary N) is 1. The molecule has 1 aliphatic heterocycles. The third kappa shape index (κ3) is 2.95. The van der Waals surface area contributed by atoms with Gasteiger partial charge in [0.05, 0.1) is 5.02 Å². The summed E-state index contributed by atoms with van der Waals surface area (Å²) in [6.45, 7) is 0.872. The third-order valence-electron chi connectivity index (χ3n) is 2.58. The van der Waals surface area contributed by atoms with E-state index in [1.165, 1.54) is 12.5 Å². The van der Waals surface area contributed by atoms with Crippen LogP contribution in [-0.2, 0) is 0 Å². The zero-order valence-electron chi connectivity index (χ0n) is 8.97. The van der Waals surface area contributed by atoms with E-state index in [-0.39, 0.29) is 5.02 Å². The Morgan fingerprint density at radius 2 is 2.12 bits per heavy atom. The minimum absolute atomic E-state index is 0.138. The van der Waals surface area contributed by atoms with Crippen molar-refractivity contribution in [1.29, 1.82) is 0 Å². The van der Waals surface area contributed by atoms with Crippen molar-refractivity contribution in [2.75, 3.05) is 11.9 Å². The molecule has 0 saturated heterocycles. The maximum atomic E-state index is 13.0. The highest BCUT2D eigenvalue weighted by atomic mass is 35.5. The van der Waals surface area contributed by atoms with Crippen molar-refractivity contribution < 1.29 is 4.39 Å². The predicted molar refractivity (Wildman–Crippen MR) is 65.8 cm³/mol. The van der Waals surface area contributed by atoms with Crippen LogP contribution in [0.3, 0.4) is 0 Å². The van der Waals surface area contributed by atoms with Gasteiger partial charge in [0.2, 0.25) is 0 Å². The predicted octanol–water partition coefficient (Wildman–Crippen LogP) is 3.86. The van der Waals surface area contributed by atoms with Crippen LogP contribution in [0, 0.1) is 5.82 Å². The van der Waals surface area contributed by atoms with E-state index in [9.17, 15) is 4.39 Å². The first kappa shape index (κ1) is 11.4. The topological polar surface area (TPSA) is 24.4 Å². The summed E-state index contributed by atoms with van der Waals surface area (Å²) in [6, 6.07) is 4.63. The van der Waals surface area contributed by atoms with Crippen LogP contribution in [0.1, 0.15) is 25.7 Å². The van der Waals surface area contributed by atoms with Gasteiger partial charge in [0.1, 0.15) is 11.7 Å². The molecule has 1 aliphatic rings. The Kier molecular flexibility index (Phi) is 3.78. The highest BCUT2D eigenvalue weighted by Crippen LogP contribution is 2.20. The molecular weight excluding hydrogens is 227 g/mol. The first-order valence-electron chi connectivity index (χ1n) is 5.51. The molecule has 4 heteroatoms. The van der Waals surface area contributed by atoms with Gasteiger partial charge in [0.25, 0.3) is 0 Å². The first-order valence-corrected chi connectivity index (χ1v) is 5.89. The molecule has 1 N–H and O–H groups in total. The molecule has 0 radical (unpaired) electrons. The van der Waals surface area contributed by atoms with Gasteiger partial charge in [-0.2, -0.15) is 0 Å². The molecule has 0 aliphatic carbocycles. The zero-order valence-corrected chi connectivity index (χ0v) is 9.73. The number of benzene rings is 1. The number of aliphatic imine (C=N–C) groups is 1. The van der Waals surface area contributed by atoms with Crippen LogP contribution in [0.15, 0.2) is 23.2 Å². The number of rotatable bonds is 1. The van der Waals surface area contributed by atoms with Crippen molar-refractivity contribution in [1.82, 2.24) is 0 Å². The summed E-state index contributed by atoms with van der Waals surface area (Å²) < 4.78 is 13.0. The molecular formula is C12H14ClFN2. The van der Waals surface area contributed by atoms with E-state index in [0.717, 1.165) is 37.3 Å². The highest BCUT2D eigenvalue weighted by molar-refractivity contribution is 6.31. The SMILES string of the molecule is Fc1ccc(NC2=NCCCCC2)cc1Cl.